The second-order valence-corrected chi connectivity index (χ2v) is 6.46. The molecule has 0 spiro atoms. The van der Waals surface area contributed by atoms with Gasteiger partial charge in [-0.2, -0.15) is 0 Å². The first kappa shape index (κ1) is 20.6. The summed E-state index contributed by atoms with van der Waals surface area (Å²) in [7, 11) is 2.95. The van der Waals surface area contributed by atoms with Gasteiger partial charge in [-0.1, -0.05) is 18.2 Å². The molecule has 0 radical (unpaired) electrons. The minimum atomic E-state index is -0.407. The number of hydrogen-bond donors (Lipinski definition) is 1. The van der Waals surface area contributed by atoms with Gasteiger partial charge in [0.2, 0.25) is 0 Å². The molecule has 0 heterocycles. The van der Waals surface area contributed by atoms with Crippen molar-refractivity contribution >= 4 is 23.4 Å². The van der Waals surface area contributed by atoms with Crippen molar-refractivity contribution in [3.63, 3.8) is 0 Å². The average molecular weight is 372 g/mol. The number of carbonyl (C=O) groups excluding carboxylic acids is 3. The Bertz CT molecular complexity index is 762. The minimum Gasteiger partial charge on any atom is -0.504 e. The molecule has 0 unspecified atom stereocenters. The van der Waals surface area contributed by atoms with Gasteiger partial charge in [0.05, 0.1) is 13.5 Å². The first-order valence-corrected chi connectivity index (χ1v) is 8.77. The lowest BCUT2D eigenvalue weighted by atomic mass is 9.86. The maximum Gasteiger partial charge on any atom is 0.163 e. The molecule has 27 heavy (non-hydrogen) atoms. The van der Waals surface area contributed by atoms with Gasteiger partial charge in [0.1, 0.15) is 6.10 Å². The van der Waals surface area contributed by atoms with Crippen LogP contribution in [0.2, 0.25) is 0 Å². The predicted molar refractivity (Wildman–Crippen MR) is 101 cm³/mol. The molecule has 2 rings (SSSR count). The molecule has 1 N–H and O–H groups in total. The second-order valence-electron chi connectivity index (χ2n) is 6.46. The lowest BCUT2D eigenvalue weighted by Crippen LogP contribution is -2.30. The van der Waals surface area contributed by atoms with E-state index in [1.807, 2.05) is 0 Å². The van der Waals surface area contributed by atoms with Crippen molar-refractivity contribution in [2.75, 3.05) is 14.2 Å². The van der Waals surface area contributed by atoms with E-state index in [1.54, 1.807) is 24.3 Å². The first-order chi connectivity index (χ1) is 12.9. The van der Waals surface area contributed by atoms with Gasteiger partial charge < -0.3 is 14.6 Å². The molecule has 0 amide bonds. The molecule has 2 atom stereocenters. The van der Waals surface area contributed by atoms with Gasteiger partial charge >= 0.3 is 0 Å². The number of ether oxygens (including phenoxy) is 2. The van der Waals surface area contributed by atoms with Gasteiger partial charge in [-0.25, -0.2) is 0 Å². The van der Waals surface area contributed by atoms with Gasteiger partial charge in [0, 0.05) is 13.5 Å². The fourth-order valence-corrected chi connectivity index (χ4v) is 2.94. The van der Waals surface area contributed by atoms with E-state index in [-0.39, 0.29) is 35.4 Å². The molecule has 0 aliphatic heterocycles. The van der Waals surface area contributed by atoms with E-state index in [4.69, 9.17) is 9.47 Å². The van der Waals surface area contributed by atoms with Gasteiger partial charge in [-0.15, -0.1) is 0 Å². The number of aromatic hydroxyl groups is 1. The standard InChI is InChI=1S/C21H24O6/c1-26-20-11-14(5-9-18(20)24)3-7-16(22)13-17(23)8-4-15-6-10-19(25)21(12-15)27-2/h3-5,7-9,11,15,21,24H,6,10,12-13H2,1-2H3/b7-3+,8-4+/t15-,21+/m0/s1. The summed E-state index contributed by atoms with van der Waals surface area (Å²) in [6.45, 7) is 0. The molecule has 6 heteroatoms. The molecule has 0 aromatic heterocycles. The molecule has 1 aromatic rings. The smallest absolute Gasteiger partial charge is 0.163 e. The number of hydrogen-bond acceptors (Lipinski definition) is 6. The van der Waals surface area contributed by atoms with E-state index in [0.29, 0.717) is 30.6 Å². The zero-order valence-corrected chi connectivity index (χ0v) is 15.5. The molecule has 1 aliphatic carbocycles. The normalized spacial score (nSPS) is 20.3. The third kappa shape index (κ3) is 6.18. The summed E-state index contributed by atoms with van der Waals surface area (Å²) >= 11 is 0. The molecule has 0 saturated heterocycles. The van der Waals surface area contributed by atoms with Crippen LogP contribution in [0.4, 0.5) is 0 Å². The predicted octanol–water partition coefficient (Wildman–Crippen LogP) is 2.88. The Morgan fingerprint density at radius 1 is 1.22 bits per heavy atom. The van der Waals surface area contributed by atoms with Crippen molar-refractivity contribution in [2.45, 2.75) is 31.8 Å². The Kier molecular flexibility index (Phi) is 7.49. The Morgan fingerprint density at radius 2 is 1.96 bits per heavy atom. The lowest BCUT2D eigenvalue weighted by molar-refractivity contribution is -0.132. The Labute approximate surface area is 158 Å². The van der Waals surface area contributed by atoms with E-state index in [9.17, 15) is 19.5 Å². The highest BCUT2D eigenvalue weighted by molar-refractivity contribution is 6.09. The highest BCUT2D eigenvalue weighted by atomic mass is 16.5. The Hall–Kier alpha value is -2.73. The van der Waals surface area contributed by atoms with Crippen molar-refractivity contribution in [2.24, 2.45) is 5.92 Å². The molecule has 1 saturated carbocycles. The van der Waals surface area contributed by atoms with Gasteiger partial charge in [0.15, 0.2) is 28.8 Å². The van der Waals surface area contributed by atoms with Crippen molar-refractivity contribution in [1.29, 1.82) is 0 Å². The van der Waals surface area contributed by atoms with Gasteiger partial charge in [-0.05, 0) is 48.6 Å². The van der Waals surface area contributed by atoms with Crippen molar-refractivity contribution in [3.05, 3.63) is 42.0 Å². The highest BCUT2D eigenvalue weighted by Crippen LogP contribution is 2.27. The van der Waals surface area contributed by atoms with Crippen LogP contribution < -0.4 is 4.74 Å². The maximum atomic E-state index is 12.0. The van der Waals surface area contributed by atoms with Crippen molar-refractivity contribution in [3.8, 4) is 11.5 Å². The van der Waals surface area contributed by atoms with E-state index < -0.39 is 6.10 Å². The SMILES string of the molecule is COc1cc(/C=C/C(=O)CC(=O)/C=C/[C@H]2CCC(=O)[C@H](OC)C2)ccc1O. The maximum absolute atomic E-state index is 12.0. The number of phenolic OH excluding ortho intramolecular Hbond substituents is 1. The average Bonchev–Trinajstić information content (AvgIpc) is 2.66. The Morgan fingerprint density at radius 3 is 2.67 bits per heavy atom. The molecule has 1 fully saturated rings. The van der Waals surface area contributed by atoms with Crippen LogP contribution in [-0.4, -0.2) is 42.8 Å². The van der Waals surface area contributed by atoms with E-state index in [0.717, 1.165) is 0 Å². The molecule has 1 aromatic carbocycles. The van der Waals surface area contributed by atoms with Crippen LogP contribution in [0.15, 0.2) is 36.4 Å². The number of phenols is 1. The van der Waals surface area contributed by atoms with Gasteiger partial charge in [-0.3, -0.25) is 14.4 Å². The Balaban J connectivity index is 1.86. The molecule has 144 valence electrons. The summed E-state index contributed by atoms with van der Waals surface area (Å²) in [5, 5.41) is 9.55. The molecular weight excluding hydrogens is 348 g/mol. The summed E-state index contributed by atoms with van der Waals surface area (Å²) in [6, 6.07) is 4.70. The zero-order chi connectivity index (χ0) is 19.8. The van der Waals surface area contributed by atoms with Crippen LogP contribution >= 0.6 is 0 Å². The number of carbonyl (C=O) groups is 3. The first-order valence-electron chi connectivity index (χ1n) is 8.77. The summed E-state index contributed by atoms with van der Waals surface area (Å²) in [5.41, 5.74) is 0.679. The monoisotopic (exact) mass is 372 g/mol. The molecule has 0 bridgehead atoms. The highest BCUT2D eigenvalue weighted by Gasteiger charge is 2.27. The number of rotatable bonds is 8. The number of benzene rings is 1. The quantitative estimate of drug-likeness (QED) is 0.557. The number of allylic oxidation sites excluding steroid dienone is 3. The third-order valence-corrected chi connectivity index (χ3v) is 4.49. The van der Waals surface area contributed by atoms with E-state index >= 15 is 0 Å². The summed E-state index contributed by atoms with van der Waals surface area (Å²) in [6.07, 6.45) is 7.16. The van der Waals surface area contributed by atoms with Crippen molar-refractivity contribution < 1.29 is 29.0 Å². The van der Waals surface area contributed by atoms with Crippen LogP contribution in [0.5, 0.6) is 11.5 Å². The number of Topliss-reactive ketones (excluding diaryl/α,β-unsaturated/α-hetero) is 1. The summed E-state index contributed by atoms with van der Waals surface area (Å²) in [5.74, 6) is -0.0687. The minimum absolute atomic E-state index is 0.0152. The fourth-order valence-electron chi connectivity index (χ4n) is 2.94. The molecule has 1 aliphatic rings. The summed E-state index contributed by atoms with van der Waals surface area (Å²) in [4.78, 5) is 35.5. The molecular formula is C21H24O6. The van der Waals surface area contributed by atoms with Crippen LogP contribution in [0.25, 0.3) is 6.08 Å². The van der Waals surface area contributed by atoms with Crippen LogP contribution in [-0.2, 0) is 19.1 Å². The van der Waals surface area contributed by atoms with E-state index in [2.05, 4.69) is 0 Å². The van der Waals surface area contributed by atoms with E-state index in [1.165, 1.54) is 32.4 Å². The van der Waals surface area contributed by atoms with Crippen LogP contribution in [0.3, 0.4) is 0 Å². The third-order valence-electron chi connectivity index (χ3n) is 4.49. The van der Waals surface area contributed by atoms with Crippen LogP contribution in [0.1, 0.15) is 31.2 Å². The second kappa shape index (κ2) is 9.83. The molecule has 6 nitrogen and oxygen atoms in total. The van der Waals surface area contributed by atoms with Gasteiger partial charge in [0.25, 0.3) is 0 Å². The number of methoxy groups -OCH3 is 2. The van der Waals surface area contributed by atoms with Crippen LogP contribution in [0, 0.1) is 5.92 Å². The topological polar surface area (TPSA) is 89.9 Å². The number of ketones is 3. The summed E-state index contributed by atoms with van der Waals surface area (Å²) < 4.78 is 10.2. The zero-order valence-electron chi connectivity index (χ0n) is 15.5. The fraction of sp³-hybridized carbons (Fsp3) is 0.381. The largest absolute Gasteiger partial charge is 0.504 e. The lowest BCUT2D eigenvalue weighted by Gasteiger charge is -2.24. The van der Waals surface area contributed by atoms with Crippen molar-refractivity contribution in [1.82, 2.24) is 0 Å².